The van der Waals surface area contributed by atoms with Gasteiger partial charge in [0.25, 0.3) is 0 Å². The number of hydrogen-bond donors (Lipinski definition) is 1. The number of fused-ring (bicyclic) bond motifs is 1. The Kier molecular flexibility index (Phi) is 4.51. The number of nitrogens with one attached hydrogen (secondary N) is 1. The number of nitrogens with zero attached hydrogens (tertiary/aromatic N) is 6. The molecule has 4 aromatic heterocycles. The highest BCUT2D eigenvalue weighted by Gasteiger charge is 2.15. The Hall–Kier alpha value is -4.00. The molecule has 7 nitrogen and oxygen atoms in total. The van der Waals surface area contributed by atoms with Crippen LogP contribution < -0.4 is 5.32 Å². The third-order valence-corrected chi connectivity index (χ3v) is 4.98. The zero-order valence-corrected chi connectivity index (χ0v) is 17.7. The number of hydrogen-bond acceptors (Lipinski definition) is 5. The lowest BCUT2D eigenvalue weighted by Crippen LogP contribution is -2.22. The predicted molar refractivity (Wildman–Crippen MR) is 122 cm³/mol. The molecule has 0 aliphatic carbocycles. The first-order valence-electron chi connectivity index (χ1n) is 10.2. The minimum atomic E-state index is -0.0781. The molecule has 31 heavy (non-hydrogen) atoms. The molecule has 7 heteroatoms. The number of benzene rings is 1. The summed E-state index contributed by atoms with van der Waals surface area (Å²) in [6, 6.07) is 20.0. The Morgan fingerprint density at radius 2 is 1.65 bits per heavy atom. The Labute approximate surface area is 180 Å². The lowest BCUT2D eigenvalue weighted by molar-refractivity contribution is 0.356. The minimum absolute atomic E-state index is 0.0781. The van der Waals surface area contributed by atoms with Crippen LogP contribution in [0.25, 0.3) is 28.3 Å². The van der Waals surface area contributed by atoms with E-state index in [1.165, 1.54) is 0 Å². The van der Waals surface area contributed by atoms with Crippen molar-refractivity contribution >= 4 is 17.2 Å². The summed E-state index contributed by atoms with van der Waals surface area (Å²) >= 11 is 0. The van der Waals surface area contributed by atoms with Crippen LogP contribution >= 0.6 is 0 Å². The van der Waals surface area contributed by atoms with Gasteiger partial charge >= 0.3 is 0 Å². The van der Waals surface area contributed by atoms with Crippen molar-refractivity contribution in [1.29, 1.82) is 0 Å². The van der Waals surface area contributed by atoms with Crippen LogP contribution in [0.1, 0.15) is 20.8 Å². The highest BCUT2D eigenvalue weighted by molar-refractivity contribution is 5.77. The van der Waals surface area contributed by atoms with Crippen molar-refractivity contribution in [2.75, 3.05) is 5.32 Å². The average Bonchev–Trinajstić information content (AvgIpc) is 3.44. The van der Waals surface area contributed by atoms with E-state index in [-0.39, 0.29) is 5.54 Å². The van der Waals surface area contributed by atoms with Crippen LogP contribution in [0.3, 0.4) is 0 Å². The third kappa shape index (κ3) is 3.77. The second-order valence-corrected chi connectivity index (χ2v) is 8.35. The summed E-state index contributed by atoms with van der Waals surface area (Å²) in [5.41, 5.74) is 5.04. The van der Waals surface area contributed by atoms with Gasteiger partial charge in [-0.3, -0.25) is 4.68 Å². The molecule has 0 radical (unpaired) electrons. The van der Waals surface area contributed by atoms with E-state index in [0.717, 1.165) is 39.8 Å². The monoisotopic (exact) mass is 409 g/mol. The fourth-order valence-corrected chi connectivity index (χ4v) is 3.38. The van der Waals surface area contributed by atoms with Crippen molar-refractivity contribution in [2.24, 2.45) is 0 Å². The van der Waals surface area contributed by atoms with Gasteiger partial charge in [-0.15, -0.1) is 0 Å². The molecule has 0 saturated carbocycles. The fraction of sp³-hybridized carbons (Fsp3) is 0.167. The van der Waals surface area contributed by atoms with E-state index in [1.54, 1.807) is 10.7 Å². The zero-order chi connectivity index (χ0) is 21.4. The van der Waals surface area contributed by atoms with Gasteiger partial charge in [-0.1, -0.05) is 36.4 Å². The summed E-state index contributed by atoms with van der Waals surface area (Å²) in [6.07, 6.45) is 5.57. The summed E-state index contributed by atoms with van der Waals surface area (Å²) in [5, 5.41) is 12.8. The fourth-order valence-electron chi connectivity index (χ4n) is 3.38. The first-order valence-corrected chi connectivity index (χ1v) is 10.2. The van der Waals surface area contributed by atoms with Crippen molar-refractivity contribution < 1.29 is 0 Å². The summed E-state index contributed by atoms with van der Waals surface area (Å²) in [5.74, 6) is 0.720. The maximum atomic E-state index is 4.78. The molecular formula is C24H23N7. The molecule has 4 heterocycles. The lowest BCUT2D eigenvalue weighted by atomic mass is 10.1. The topological polar surface area (TPSA) is 72.9 Å². The molecule has 0 aliphatic rings. The van der Waals surface area contributed by atoms with Crippen molar-refractivity contribution in [3.63, 3.8) is 0 Å². The molecule has 0 bridgehead atoms. The van der Waals surface area contributed by atoms with Crippen LogP contribution in [0.15, 0.2) is 79.3 Å². The Morgan fingerprint density at radius 1 is 0.806 bits per heavy atom. The number of pyridine rings is 1. The van der Waals surface area contributed by atoms with Crippen LogP contribution in [-0.2, 0) is 5.54 Å². The molecule has 1 N–H and O–H groups in total. The van der Waals surface area contributed by atoms with Crippen LogP contribution in [0.4, 0.5) is 11.5 Å². The molecule has 5 rings (SSSR count). The Bertz CT molecular complexity index is 1340. The van der Waals surface area contributed by atoms with E-state index < -0.39 is 0 Å². The molecule has 0 unspecified atom stereocenters. The molecular weight excluding hydrogens is 386 g/mol. The number of anilines is 2. The molecule has 0 aliphatic heterocycles. The summed E-state index contributed by atoms with van der Waals surface area (Å²) in [4.78, 5) is 9.24. The van der Waals surface area contributed by atoms with Crippen LogP contribution in [0.5, 0.6) is 0 Å². The number of imidazole rings is 1. The molecule has 0 atom stereocenters. The molecule has 0 amide bonds. The van der Waals surface area contributed by atoms with E-state index in [9.17, 15) is 0 Å². The summed E-state index contributed by atoms with van der Waals surface area (Å²) in [7, 11) is 0. The molecule has 5 aromatic rings. The Morgan fingerprint density at radius 3 is 2.42 bits per heavy atom. The lowest BCUT2D eigenvalue weighted by Gasteiger charge is -2.18. The van der Waals surface area contributed by atoms with Gasteiger partial charge in [0, 0.05) is 24.2 Å². The third-order valence-electron chi connectivity index (χ3n) is 4.98. The molecule has 0 saturated heterocycles. The average molecular weight is 409 g/mol. The maximum absolute atomic E-state index is 4.78. The predicted octanol–water partition coefficient (Wildman–Crippen LogP) is 5.15. The second kappa shape index (κ2) is 7.36. The first kappa shape index (κ1) is 19.0. The van der Waals surface area contributed by atoms with E-state index in [1.807, 2.05) is 77.7 Å². The number of rotatable bonds is 4. The molecule has 0 spiro atoms. The van der Waals surface area contributed by atoms with Crippen molar-refractivity contribution in [1.82, 2.24) is 29.4 Å². The highest BCUT2D eigenvalue weighted by Crippen LogP contribution is 2.27. The summed E-state index contributed by atoms with van der Waals surface area (Å²) < 4.78 is 3.73. The second-order valence-electron chi connectivity index (χ2n) is 8.35. The van der Waals surface area contributed by atoms with Crippen LogP contribution in [-0.4, -0.2) is 29.4 Å². The van der Waals surface area contributed by atoms with Gasteiger partial charge in [0.15, 0.2) is 5.65 Å². The van der Waals surface area contributed by atoms with Crippen molar-refractivity contribution in [2.45, 2.75) is 26.3 Å². The zero-order valence-electron chi connectivity index (χ0n) is 17.7. The van der Waals surface area contributed by atoms with Gasteiger partial charge in [0.05, 0.1) is 22.6 Å². The quantitative estimate of drug-likeness (QED) is 0.444. The molecule has 1 aromatic carbocycles. The standard InChI is InChI=1S/C24H23N7/c1-24(2,3)31-14-12-19(29-31)18-10-7-11-22(26-18)27-21-16-20(17-8-5-4-6-9-17)28-30-15-13-25-23(21)30/h4-16H,1-3H3,(H,26,27). The number of aromatic nitrogens is 6. The molecule has 154 valence electrons. The smallest absolute Gasteiger partial charge is 0.177 e. The molecule has 0 fully saturated rings. The van der Waals surface area contributed by atoms with Crippen LogP contribution in [0, 0.1) is 0 Å². The van der Waals surface area contributed by atoms with E-state index in [0.29, 0.717) is 0 Å². The van der Waals surface area contributed by atoms with E-state index in [4.69, 9.17) is 10.1 Å². The van der Waals surface area contributed by atoms with Gasteiger partial charge in [-0.25, -0.2) is 14.5 Å². The van der Waals surface area contributed by atoms with Gasteiger partial charge in [-0.2, -0.15) is 10.2 Å². The SMILES string of the molecule is CC(C)(C)n1ccc(-c2cccc(Nc3cc(-c4ccccc4)nn4ccnc34)n2)n1. The van der Waals surface area contributed by atoms with E-state index >= 15 is 0 Å². The largest absolute Gasteiger partial charge is 0.337 e. The van der Waals surface area contributed by atoms with Gasteiger partial charge < -0.3 is 5.32 Å². The van der Waals surface area contributed by atoms with Crippen molar-refractivity contribution in [3.8, 4) is 22.6 Å². The normalized spacial score (nSPS) is 11.7. The van der Waals surface area contributed by atoms with Gasteiger partial charge in [0.2, 0.25) is 0 Å². The maximum Gasteiger partial charge on any atom is 0.177 e. The van der Waals surface area contributed by atoms with Crippen LogP contribution in [0.2, 0.25) is 0 Å². The highest BCUT2D eigenvalue weighted by atomic mass is 15.3. The summed E-state index contributed by atoms with van der Waals surface area (Å²) in [6.45, 7) is 6.37. The van der Waals surface area contributed by atoms with Crippen molar-refractivity contribution in [3.05, 3.63) is 79.3 Å². The van der Waals surface area contributed by atoms with Gasteiger partial charge in [-0.05, 0) is 45.0 Å². The van der Waals surface area contributed by atoms with E-state index in [2.05, 4.69) is 36.2 Å². The minimum Gasteiger partial charge on any atom is -0.337 e. The first-order chi connectivity index (χ1) is 15.0. The Balaban J connectivity index is 1.51. The van der Waals surface area contributed by atoms with Gasteiger partial charge in [0.1, 0.15) is 11.5 Å².